The Morgan fingerprint density at radius 2 is 0.951 bits per heavy atom. The van der Waals surface area contributed by atoms with Gasteiger partial charge in [0.1, 0.15) is 0 Å². The molecule has 0 aromatic heterocycles. The molecule has 2 fully saturated rings. The molecule has 2 aromatic rings. The molecule has 4 rings (SSSR count). The normalized spacial score (nSPS) is 20.0. The van der Waals surface area contributed by atoms with Crippen molar-refractivity contribution in [1.82, 2.24) is 0 Å². The van der Waals surface area contributed by atoms with Gasteiger partial charge in [-0.3, -0.25) is 0 Å². The predicted octanol–water partition coefficient (Wildman–Crippen LogP) is 8.98. The lowest BCUT2D eigenvalue weighted by molar-refractivity contribution is 0.00578. The van der Waals surface area contributed by atoms with Gasteiger partial charge in [-0.2, -0.15) is 0 Å². The first kappa shape index (κ1) is 36.6. The molecule has 2 aliphatic heterocycles. The number of hydrogen-bond acceptors (Lipinski definition) is 5. The van der Waals surface area contributed by atoms with Gasteiger partial charge in [0.2, 0.25) is 0 Å². The van der Waals surface area contributed by atoms with Gasteiger partial charge < -0.3 is 23.3 Å². The monoisotopic (exact) mass is 670 g/mol. The highest BCUT2D eigenvalue weighted by Gasteiger charge is 2.53. The quantitative estimate of drug-likeness (QED) is 0.305. The number of halogens is 3. The van der Waals surface area contributed by atoms with Crippen molar-refractivity contribution in [1.29, 1.82) is 0 Å². The molecule has 0 saturated carbocycles. The van der Waals surface area contributed by atoms with Crippen LogP contribution in [-0.2, 0) is 23.3 Å². The van der Waals surface area contributed by atoms with E-state index in [-0.39, 0.29) is 35.6 Å². The smallest absolute Gasteiger partial charge is 0.399 e. The molecule has 0 atom stereocenters. The minimum absolute atomic E-state index is 0.120. The largest absolute Gasteiger partial charge is 0.640 e. The molecule has 5 nitrogen and oxygen atoms in total. The van der Waals surface area contributed by atoms with Crippen LogP contribution in [0.1, 0.15) is 91.5 Å². The van der Waals surface area contributed by atoms with Crippen molar-refractivity contribution in [3.05, 3.63) is 61.0 Å². The van der Waals surface area contributed by atoms with Gasteiger partial charge in [-0.1, -0.05) is 39.1 Å². The molecule has 228 valence electrons. The van der Waals surface area contributed by atoms with Crippen molar-refractivity contribution >= 4 is 59.0 Å². The standard InChI is InChI=1S/C14H20BClO2.C9H19BO3.C8H8BrCl/c1-9-7-11(16)8-10(2)12(9)15-17-13(3,4)14(5,6)18-15;1-7(2)11-10-12-8(3,4)9(5,6)13-10;1-5-3-7(10)4-6(2)8(5)9/h7-8H,1-6H3;7H,1-6H3;3-4H,1-2H3. The lowest BCUT2D eigenvalue weighted by Gasteiger charge is -2.32. The highest BCUT2D eigenvalue weighted by atomic mass is 79.9. The molecule has 2 aliphatic rings. The van der Waals surface area contributed by atoms with Gasteiger partial charge in [0.05, 0.1) is 22.4 Å². The van der Waals surface area contributed by atoms with Crippen LogP contribution in [0.25, 0.3) is 0 Å². The predicted molar refractivity (Wildman–Crippen MR) is 178 cm³/mol. The van der Waals surface area contributed by atoms with E-state index in [4.69, 9.17) is 46.5 Å². The molecular weight excluding hydrogens is 625 g/mol. The van der Waals surface area contributed by atoms with Crippen molar-refractivity contribution < 1.29 is 23.3 Å². The molecule has 2 heterocycles. The third-order valence-corrected chi connectivity index (χ3v) is 9.75. The van der Waals surface area contributed by atoms with E-state index in [9.17, 15) is 0 Å². The molecule has 0 bridgehead atoms. The molecule has 0 unspecified atom stereocenters. The van der Waals surface area contributed by atoms with Crippen LogP contribution < -0.4 is 5.46 Å². The Labute approximate surface area is 267 Å². The second kappa shape index (κ2) is 13.6. The van der Waals surface area contributed by atoms with Crippen LogP contribution in [0, 0.1) is 27.7 Å². The Hall–Kier alpha value is -0.570. The maximum absolute atomic E-state index is 6.09. The molecule has 10 heteroatoms. The minimum atomic E-state index is -0.523. The molecule has 0 amide bonds. The molecule has 0 radical (unpaired) electrons. The van der Waals surface area contributed by atoms with Gasteiger partial charge in [0, 0.05) is 20.6 Å². The summed E-state index contributed by atoms with van der Waals surface area (Å²) in [5.41, 5.74) is 4.47. The zero-order chi connectivity index (χ0) is 31.7. The molecule has 2 aromatic carbocycles. The fourth-order valence-corrected chi connectivity index (χ4v) is 5.10. The van der Waals surface area contributed by atoms with E-state index < -0.39 is 7.32 Å². The van der Waals surface area contributed by atoms with Gasteiger partial charge in [-0.05, 0) is 149 Å². The highest BCUT2D eigenvalue weighted by molar-refractivity contribution is 9.10. The summed E-state index contributed by atoms with van der Waals surface area (Å²) in [4.78, 5) is 0. The van der Waals surface area contributed by atoms with E-state index in [0.717, 1.165) is 31.1 Å². The van der Waals surface area contributed by atoms with E-state index in [1.54, 1.807) is 0 Å². The average Bonchev–Trinajstić information content (AvgIpc) is 3.09. The Bertz CT molecular complexity index is 1140. The molecule has 0 N–H and O–H groups in total. The summed E-state index contributed by atoms with van der Waals surface area (Å²) in [5, 5.41) is 1.56. The van der Waals surface area contributed by atoms with E-state index in [2.05, 4.69) is 43.6 Å². The van der Waals surface area contributed by atoms with Crippen LogP contribution in [0.3, 0.4) is 0 Å². The minimum Gasteiger partial charge on any atom is -0.399 e. The Morgan fingerprint density at radius 3 is 1.29 bits per heavy atom. The van der Waals surface area contributed by atoms with E-state index >= 15 is 0 Å². The number of aryl methyl sites for hydroxylation is 4. The van der Waals surface area contributed by atoms with Crippen LogP contribution in [0.2, 0.25) is 10.0 Å². The lowest BCUT2D eigenvalue weighted by atomic mass is 9.73. The fourth-order valence-electron chi connectivity index (χ4n) is 4.21. The van der Waals surface area contributed by atoms with Gasteiger partial charge in [0.25, 0.3) is 0 Å². The summed E-state index contributed by atoms with van der Waals surface area (Å²) in [6.45, 7) is 28.4. The van der Waals surface area contributed by atoms with E-state index in [1.165, 1.54) is 11.1 Å². The molecule has 0 aliphatic carbocycles. The third kappa shape index (κ3) is 9.21. The highest BCUT2D eigenvalue weighted by Crippen LogP contribution is 2.38. The summed E-state index contributed by atoms with van der Waals surface area (Å²) < 4.78 is 30.0. The van der Waals surface area contributed by atoms with Crippen molar-refractivity contribution in [3.63, 3.8) is 0 Å². The summed E-state index contributed by atoms with van der Waals surface area (Å²) in [7, 11) is -0.836. The second-order valence-corrected chi connectivity index (χ2v) is 14.8. The fraction of sp³-hybridized carbons (Fsp3) is 0.613. The van der Waals surface area contributed by atoms with Gasteiger partial charge >= 0.3 is 14.4 Å². The van der Waals surface area contributed by atoms with Crippen LogP contribution in [0.4, 0.5) is 0 Å². The van der Waals surface area contributed by atoms with Crippen molar-refractivity contribution in [2.75, 3.05) is 0 Å². The molecule has 2 saturated heterocycles. The van der Waals surface area contributed by atoms with E-state index in [1.807, 2.05) is 93.5 Å². The lowest BCUT2D eigenvalue weighted by Crippen LogP contribution is -2.41. The SMILES string of the molecule is CC(C)OB1OC(C)(C)C(C)(C)O1.Cc1cc(Cl)cc(C)c1B1OC(C)(C)C(C)(C)O1.Cc1cc(Cl)cc(C)c1Br. The Morgan fingerprint density at radius 1 is 0.634 bits per heavy atom. The summed E-state index contributed by atoms with van der Waals surface area (Å²) in [6.07, 6.45) is 0.120. The van der Waals surface area contributed by atoms with E-state index in [0.29, 0.717) is 0 Å². The Kier molecular flexibility index (Phi) is 12.1. The summed E-state index contributed by atoms with van der Waals surface area (Å²) in [5.74, 6) is 0. The third-order valence-electron chi connectivity index (χ3n) is 8.06. The van der Waals surface area contributed by atoms with Crippen LogP contribution in [-0.4, -0.2) is 42.9 Å². The summed E-state index contributed by atoms with van der Waals surface area (Å²) in [6, 6.07) is 7.79. The van der Waals surface area contributed by atoms with Crippen molar-refractivity contribution in [3.8, 4) is 0 Å². The number of hydrogen-bond donors (Lipinski definition) is 0. The maximum Gasteiger partial charge on any atom is 0.640 e. The zero-order valence-electron chi connectivity index (χ0n) is 27.2. The first-order valence-electron chi connectivity index (χ1n) is 14.1. The van der Waals surface area contributed by atoms with Gasteiger partial charge in [-0.15, -0.1) is 0 Å². The second-order valence-electron chi connectivity index (χ2n) is 13.1. The first-order valence-corrected chi connectivity index (χ1v) is 15.6. The molecule has 41 heavy (non-hydrogen) atoms. The van der Waals surface area contributed by atoms with Crippen molar-refractivity contribution in [2.24, 2.45) is 0 Å². The number of benzene rings is 2. The molecule has 0 spiro atoms. The summed E-state index contributed by atoms with van der Waals surface area (Å²) >= 11 is 15.3. The van der Waals surface area contributed by atoms with Gasteiger partial charge in [0.15, 0.2) is 0 Å². The Balaban J connectivity index is 0.000000226. The van der Waals surface area contributed by atoms with Crippen LogP contribution in [0.5, 0.6) is 0 Å². The average molecular weight is 672 g/mol. The van der Waals surface area contributed by atoms with Crippen LogP contribution >= 0.6 is 39.1 Å². The van der Waals surface area contributed by atoms with Crippen molar-refractivity contribution in [2.45, 2.75) is 125 Å². The van der Waals surface area contributed by atoms with Crippen LogP contribution in [0.15, 0.2) is 28.7 Å². The zero-order valence-corrected chi connectivity index (χ0v) is 30.3. The van der Waals surface area contributed by atoms with Gasteiger partial charge in [-0.25, -0.2) is 0 Å². The molecular formula is C31H47B2BrCl2O5. The number of rotatable bonds is 3. The topological polar surface area (TPSA) is 46.2 Å². The maximum atomic E-state index is 6.09. The first-order chi connectivity index (χ1) is 18.5.